The number of rotatable bonds is 5. The van der Waals surface area contributed by atoms with Gasteiger partial charge in [0.1, 0.15) is 17.7 Å². The van der Waals surface area contributed by atoms with Gasteiger partial charge in [-0.15, -0.1) is 0 Å². The van der Waals surface area contributed by atoms with Gasteiger partial charge in [0.2, 0.25) is 0 Å². The molecule has 0 bridgehead atoms. The second-order valence-electron chi connectivity index (χ2n) is 10.2. The number of hydrogen-bond donors (Lipinski definition) is 2. The predicted molar refractivity (Wildman–Crippen MR) is 139 cm³/mol. The highest BCUT2D eigenvalue weighted by molar-refractivity contribution is 5.90. The Morgan fingerprint density at radius 3 is 2.46 bits per heavy atom. The van der Waals surface area contributed by atoms with Crippen molar-refractivity contribution in [3.05, 3.63) is 70.8 Å². The fraction of sp³-hybridized carbons (Fsp3) is 0.423. The maximum absolute atomic E-state index is 12.7. The number of carbonyl (C=O) groups excluding carboxylic acids is 2. The summed E-state index contributed by atoms with van der Waals surface area (Å²) in [6.45, 7) is 9.87. The van der Waals surface area contributed by atoms with Crippen LogP contribution in [-0.4, -0.2) is 60.9 Å². The third kappa shape index (κ3) is 7.04. The molecule has 3 heterocycles. The Hall–Kier alpha value is -3.99. The molecule has 0 radical (unpaired) electrons. The number of nitrogens with zero attached hydrogens (tertiary/aromatic N) is 5. The largest absolute Gasteiger partial charge is 0.444 e. The minimum absolute atomic E-state index is 0.115. The molecule has 1 aromatic carbocycles. The summed E-state index contributed by atoms with van der Waals surface area (Å²) in [4.78, 5) is 47.2. The van der Waals surface area contributed by atoms with Crippen LogP contribution in [-0.2, 0) is 11.3 Å². The molecule has 2 amide bonds. The van der Waals surface area contributed by atoms with E-state index in [1.54, 1.807) is 13.1 Å². The van der Waals surface area contributed by atoms with Crippen LogP contribution in [0.3, 0.4) is 0 Å². The van der Waals surface area contributed by atoms with Crippen LogP contribution in [0.4, 0.5) is 15.4 Å². The van der Waals surface area contributed by atoms with E-state index in [0.717, 1.165) is 38.0 Å². The van der Waals surface area contributed by atoms with E-state index in [1.165, 1.54) is 27.9 Å². The summed E-state index contributed by atoms with van der Waals surface area (Å²) in [5, 5.41) is 5.60. The fourth-order valence-electron chi connectivity index (χ4n) is 4.13. The molecular formula is C26H33N7O4. The molecule has 4 rings (SSSR count). The maximum Gasteiger partial charge on any atom is 0.407 e. The number of carbonyl (C=O) groups is 2. The molecule has 2 N–H and O–H groups in total. The number of hydrogen-bond acceptors (Lipinski definition) is 7. The van der Waals surface area contributed by atoms with Crippen LogP contribution in [0.15, 0.2) is 54.0 Å². The topological polar surface area (TPSA) is 123 Å². The number of likely N-dealkylation sites (tertiary alicyclic amines) is 1. The molecule has 3 aromatic rings. The summed E-state index contributed by atoms with van der Waals surface area (Å²) in [5.74, 6) is 0.209. The molecule has 0 unspecified atom stereocenters. The van der Waals surface area contributed by atoms with Crippen molar-refractivity contribution >= 4 is 17.9 Å². The normalized spacial score (nSPS) is 14.8. The molecule has 11 nitrogen and oxygen atoms in total. The Balaban J connectivity index is 1.33. The highest BCUT2D eigenvalue weighted by atomic mass is 16.6. The van der Waals surface area contributed by atoms with Gasteiger partial charge in [-0.1, -0.05) is 12.1 Å². The molecule has 2 aromatic heterocycles. The number of aromatic nitrogens is 4. The van der Waals surface area contributed by atoms with Gasteiger partial charge in [0, 0.05) is 49.8 Å². The minimum Gasteiger partial charge on any atom is -0.444 e. The SMILES string of the molecule is Cc1cn(-c2ccc(CN3CCC(NC(=O)OC(C)(C)C)CC3)cc2)c(=O)nc1NC(=O)n1ccnc1. The van der Waals surface area contributed by atoms with E-state index in [0.29, 0.717) is 11.3 Å². The lowest BCUT2D eigenvalue weighted by molar-refractivity contribution is 0.0477. The van der Waals surface area contributed by atoms with Crippen molar-refractivity contribution < 1.29 is 14.3 Å². The lowest BCUT2D eigenvalue weighted by Gasteiger charge is -2.32. The number of imidazole rings is 1. The number of nitrogens with one attached hydrogen (secondary N) is 2. The Morgan fingerprint density at radius 1 is 1.14 bits per heavy atom. The zero-order valence-corrected chi connectivity index (χ0v) is 21.6. The standard InChI is InChI=1S/C26H33N7O4/c1-18-15-33(24(35)30-22(18)29-23(34)32-14-11-27-17-32)21-7-5-19(6-8-21)16-31-12-9-20(10-13-31)28-25(36)37-26(2,3)4/h5-8,11,14-15,17,20H,9-10,12-13,16H2,1-4H3,(H,28,36)(H,29,30,34,35). The van der Waals surface area contributed by atoms with E-state index in [-0.39, 0.29) is 18.0 Å². The zero-order chi connectivity index (χ0) is 26.6. The van der Waals surface area contributed by atoms with Gasteiger partial charge in [-0.3, -0.25) is 19.4 Å². The van der Waals surface area contributed by atoms with Crippen molar-refractivity contribution in [3.63, 3.8) is 0 Å². The van der Waals surface area contributed by atoms with E-state index in [9.17, 15) is 14.4 Å². The quantitative estimate of drug-likeness (QED) is 0.543. The second kappa shape index (κ2) is 11.0. The monoisotopic (exact) mass is 507 g/mol. The van der Waals surface area contributed by atoms with E-state index in [4.69, 9.17) is 4.74 Å². The van der Waals surface area contributed by atoms with Crippen molar-refractivity contribution in [2.75, 3.05) is 18.4 Å². The van der Waals surface area contributed by atoms with Gasteiger partial charge in [-0.05, 0) is 58.2 Å². The Bertz CT molecular complexity index is 1290. The molecule has 37 heavy (non-hydrogen) atoms. The van der Waals surface area contributed by atoms with Crippen molar-refractivity contribution in [1.82, 2.24) is 29.3 Å². The number of amides is 2. The highest BCUT2D eigenvalue weighted by Crippen LogP contribution is 2.17. The van der Waals surface area contributed by atoms with E-state index in [1.807, 2.05) is 45.0 Å². The Labute approximate surface area is 215 Å². The summed E-state index contributed by atoms with van der Waals surface area (Å²) >= 11 is 0. The zero-order valence-electron chi connectivity index (χ0n) is 21.6. The summed E-state index contributed by atoms with van der Waals surface area (Å²) in [6.07, 6.45) is 7.40. The molecule has 0 aliphatic carbocycles. The molecule has 0 atom stereocenters. The number of piperidine rings is 1. The van der Waals surface area contributed by atoms with Crippen LogP contribution in [0.1, 0.15) is 44.7 Å². The van der Waals surface area contributed by atoms with E-state index < -0.39 is 17.3 Å². The maximum atomic E-state index is 12.7. The molecule has 196 valence electrons. The number of alkyl carbamates (subject to hydrolysis) is 1. The first-order chi connectivity index (χ1) is 17.6. The minimum atomic E-state index is -0.504. The number of anilines is 1. The Kier molecular flexibility index (Phi) is 7.72. The van der Waals surface area contributed by atoms with E-state index in [2.05, 4.69) is 25.5 Å². The summed E-state index contributed by atoms with van der Waals surface area (Å²) < 4.78 is 8.08. The first kappa shape index (κ1) is 26.1. The van der Waals surface area contributed by atoms with Gasteiger partial charge >= 0.3 is 17.8 Å². The summed E-state index contributed by atoms with van der Waals surface area (Å²) in [7, 11) is 0. The van der Waals surface area contributed by atoms with E-state index >= 15 is 0 Å². The van der Waals surface area contributed by atoms with Crippen molar-refractivity contribution in [3.8, 4) is 5.69 Å². The highest BCUT2D eigenvalue weighted by Gasteiger charge is 2.23. The first-order valence-electron chi connectivity index (χ1n) is 12.3. The average Bonchev–Trinajstić information content (AvgIpc) is 3.37. The molecule has 11 heteroatoms. The molecule has 0 saturated carbocycles. The summed E-state index contributed by atoms with van der Waals surface area (Å²) in [5.41, 5.74) is 1.48. The van der Waals surface area contributed by atoms with Crippen molar-refractivity contribution in [2.45, 2.75) is 58.7 Å². The van der Waals surface area contributed by atoms with Crippen LogP contribution in [0.25, 0.3) is 5.69 Å². The van der Waals surface area contributed by atoms with Gasteiger partial charge in [0.15, 0.2) is 0 Å². The van der Waals surface area contributed by atoms with Crippen LogP contribution >= 0.6 is 0 Å². The molecule has 1 aliphatic rings. The molecule has 1 aliphatic heterocycles. The van der Waals surface area contributed by atoms with Crippen molar-refractivity contribution in [1.29, 1.82) is 0 Å². The van der Waals surface area contributed by atoms with Gasteiger partial charge in [-0.2, -0.15) is 4.98 Å². The summed E-state index contributed by atoms with van der Waals surface area (Å²) in [6, 6.07) is 7.44. The van der Waals surface area contributed by atoms with Crippen LogP contribution in [0.2, 0.25) is 0 Å². The number of aryl methyl sites for hydroxylation is 1. The van der Waals surface area contributed by atoms with Crippen LogP contribution < -0.4 is 16.3 Å². The molecule has 1 fully saturated rings. The predicted octanol–water partition coefficient (Wildman–Crippen LogP) is 3.31. The first-order valence-corrected chi connectivity index (χ1v) is 12.3. The van der Waals surface area contributed by atoms with Gasteiger partial charge < -0.3 is 10.1 Å². The fourth-order valence-corrected chi connectivity index (χ4v) is 4.13. The van der Waals surface area contributed by atoms with Gasteiger partial charge in [-0.25, -0.2) is 19.4 Å². The Morgan fingerprint density at radius 2 is 1.84 bits per heavy atom. The van der Waals surface area contributed by atoms with Crippen molar-refractivity contribution in [2.24, 2.45) is 0 Å². The third-order valence-electron chi connectivity index (χ3n) is 6.00. The average molecular weight is 508 g/mol. The number of benzene rings is 1. The molecule has 0 spiro atoms. The van der Waals surface area contributed by atoms with Gasteiger partial charge in [0.05, 0.1) is 5.69 Å². The smallest absolute Gasteiger partial charge is 0.407 e. The third-order valence-corrected chi connectivity index (χ3v) is 6.00. The molecular weight excluding hydrogens is 474 g/mol. The van der Waals surface area contributed by atoms with Gasteiger partial charge in [0.25, 0.3) is 0 Å². The lowest BCUT2D eigenvalue weighted by atomic mass is 10.0. The molecule has 1 saturated heterocycles. The number of ether oxygens (including phenoxy) is 1. The van der Waals surface area contributed by atoms with Crippen LogP contribution in [0, 0.1) is 6.92 Å². The van der Waals surface area contributed by atoms with Crippen LogP contribution in [0.5, 0.6) is 0 Å². The lowest BCUT2D eigenvalue weighted by Crippen LogP contribution is -2.45. The second-order valence-corrected chi connectivity index (χ2v) is 10.2.